The molecule has 286 valence electrons. The minimum absolute atomic E-state index is 0.0173. The molecule has 0 amide bonds. The standard InChI is InChI=1S/C39H68INO6SSi2/c1-14-49(15-2,16-3)46-35(26-36(43)45-34(23-22-30(9)40)29(8)25-33-27-48-32(11)41-33)39(12,13)38(44)31(10)37(28(7)21-20-24-42)47-50(17-4,18-5)19-6/h22,24-25,27-28,31,34-35,37H,14-21,23,26H2,1-13H3/b29-25+,30-22+/t28-,31+,34-,35-,37-/m0/s1. The normalized spacial score (nSPS) is 16.4. The van der Waals surface area contributed by atoms with Crippen LogP contribution in [0.5, 0.6) is 0 Å². The zero-order valence-electron chi connectivity index (χ0n) is 33.5. The van der Waals surface area contributed by atoms with E-state index in [1.54, 1.807) is 11.3 Å². The lowest BCUT2D eigenvalue weighted by atomic mass is 9.73. The third-order valence-corrected chi connectivity index (χ3v) is 21.6. The third kappa shape index (κ3) is 13.8. The molecule has 11 heteroatoms. The number of aromatic nitrogens is 1. The number of carbonyl (C=O) groups is 3. The molecule has 0 spiro atoms. The van der Waals surface area contributed by atoms with Crippen molar-refractivity contribution in [3.05, 3.63) is 31.3 Å². The Labute approximate surface area is 324 Å². The van der Waals surface area contributed by atoms with Crippen LogP contribution in [0.1, 0.15) is 119 Å². The Morgan fingerprint density at radius 1 is 0.960 bits per heavy atom. The van der Waals surface area contributed by atoms with Gasteiger partial charge in [-0.25, -0.2) is 4.98 Å². The van der Waals surface area contributed by atoms with Gasteiger partial charge in [-0.15, -0.1) is 11.3 Å². The Morgan fingerprint density at radius 3 is 1.96 bits per heavy atom. The van der Waals surface area contributed by atoms with Crippen molar-refractivity contribution < 1.29 is 28.0 Å². The van der Waals surface area contributed by atoms with Crippen molar-refractivity contribution >= 4 is 74.7 Å². The molecule has 1 aromatic heterocycles. The van der Waals surface area contributed by atoms with Crippen molar-refractivity contribution in [3.63, 3.8) is 0 Å². The van der Waals surface area contributed by atoms with Crippen LogP contribution < -0.4 is 0 Å². The number of aryl methyl sites for hydroxylation is 1. The van der Waals surface area contributed by atoms with Gasteiger partial charge in [-0.2, -0.15) is 0 Å². The van der Waals surface area contributed by atoms with Gasteiger partial charge in [-0.05, 0) is 107 Å². The predicted molar refractivity (Wildman–Crippen MR) is 224 cm³/mol. The molecule has 1 rings (SSSR count). The first-order valence-electron chi connectivity index (χ1n) is 18.9. The average molecular weight is 862 g/mol. The molecule has 0 radical (unpaired) electrons. The van der Waals surface area contributed by atoms with Gasteiger partial charge in [-0.3, -0.25) is 9.59 Å². The number of hydrogen-bond donors (Lipinski definition) is 0. The number of thiazole rings is 1. The molecule has 7 nitrogen and oxygen atoms in total. The van der Waals surface area contributed by atoms with Gasteiger partial charge in [0.15, 0.2) is 16.6 Å². The van der Waals surface area contributed by atoms with Crippen LogP contribution in [0.3, 0.4) is 0 Å². The number of esters is 1. The Kier molecular flexibility index (Phi) is 20.9. The molecule has 50 heavy (non-hydrogen) atoms. The van der Waals surface area contributed by atoms with E-state index in [9.17, 15) is 14.4 Å². The molecule has 0 bridgehead atoms. The van der Waals surface area contributed by atoms with E-state index in [-0.39, 0.29) is 30.2 Å². The predicted octanol–water partition coefficient (Wildman–Crippen LogP) is 11.5. The van der Waals surface area contributed by atoms with E-state index in [0.29, 0.717) is 19.3 Å². The van der Waals surface area contributed by atoms with E-state index in [4.69, 9.17) is 13.6 Å². The van der Waals surface area contributed by atoms with Crippen molar-refractivity contribution in [2.24, 2.45) is 17.3 Å². The second kappa shape index (κ2) is 22.3. The number of carbonyl (C=O) groups excluding carboxylic acids is 3. The van der Waals surface area contributed by atoms with Gasteiger partial charge >= 0.3 is 5.97 Å². The summed E-state index contributed by atoms with van der Waals surface area (Å²) < 4.78 is 21.6. The highest BCUT2D eigenvalue weighted by Gasteiger charge is 2.48. The fourth-order valence-electron chi connectivity index (χ4n) is 6.86. The lowest BCUT2D eigenvalue weighted by Crippen LogP contribution is -2.53. The van der Waals surface area contributed by atoms with E-state index in [2.05, 4.69) is 82.1 Å². The molecular weight excluding hydrogens is 794 g/mol. The second-order valence-corrected chi connectivity index (χ2v) is 26.9. The Balaban J connectivity index is 3.60. The zero-order valence-corrected chi connectivity index (χ0v) is 38.4. The molecule has 0 fully saturated rings. The third-order valence-electron chi connectivity index (χ3n) is 11.1. The Hall–Kier alpha value is -0.996. The lowest BCUT2D eigenvalue weighted by molar-refractivity contribution is -0.153. The van der Waals surface area contributed by atoms with Crippen LogP contribution in [-0.2, 0) is 28.0 Å². The van der Waals surface area contributed by atoms with Gasteiger partial charge in [0, 0.05) is 29.6 Å². The summed E-state index contributed by atoms with van der Waals surface area (Å²) in [5.74, 6) is -0.756. The molecule has 0 aliphatic carbocycles. The number of rotatable bonds is 25. The fraction of sp³-hybridized carbons (Fsp3) is 0.744. The maximum absolute atomic E-state index is 14.8. The van der Waals surface area contributed by atoms with E-state index in [1.807, 2.05) is 53.0 Å². The molecule has 1 heterocycles. The number of hydrogen-bond acceptors (Lipinski definition) is 8. The van der Waals surface area contributed by atoms with Crippen molar-refractivity contribution in [2.45, 2.75) is 170 Å². The van der Waals surface area contributed by atoms with Gasteiger partial charge in [0.25, 0.3) is 0 Å². The molecule has 0 aromatic carbocycles. The summed E-state index contributed by atoms with van der Waals surface area (Å²) in [4.78, 5) is 44.8. The van der Waals surface area contributed by atoms with Gasteiger partial charge in [0.2, 0.25) is 0 Å². The summed E-state index contributed by atoms with van der Waals surface area (Å²) in [7, 11) is -4.34. The Morgan fingerprint density at radius 2 is 1.50 bits per heavy atom. The number of allylic oxidation sites excluding steroid dienone is 1. The van der Waals surface area contributed by atoms with Gasteiger partial charge in [0.05, 0.1) is 29.3 Å². The first-order chi connectivity index (χ1) is 23.4. The summed E-state index contributed by atoms with van der Waals surface area (Å²) >= 11 is 3.86. The summed E-state index contributed by atoms with van der Waals surface area (Å²) in [6.45, 7) is 27.0. The molecule has 0 unspecified atom stereocenters. The quantitative estimate of drug-likeness (QED) is 0.0418. The molecule has 0 aliphatic rings. The first kappa shape index (κ1) is 47.0. The monoisotopic (exact) mass is 861 g/mol. The molecule has 0 aliphatic heterocycles. The summed E-state index contributed by atoms with van der Waals surface area (Å²) in [5, 5.41) is 2.99. The van der Waals surface area contributed by atoms with Crippen LogP contribution in [0.25, 0.3) is 6.08 Å². The molecule has 0 saturated carbocycles. The number of halogens is 1. The number of ether oxygens (including phenoxy) is 1. The minimum Gasteiger partial charge on any atom is -0.457 e. The van der Waals surface area contributed by atoms with E-state index >= 15 is 0 Å². The van der Waals surface area contributed by atoms with Crippen LogP contribution in [0.15, 0.2) is 20.6 Å². The highest BCUT2D eigenvalue weighted by Crippen LogP contribution is 2.39. The number of nitrogens with zero attached hydrogens (tertiary/aromatic N) is 1. The van der Waals surface area contributed by atoms with Crippen molar-refractivity contribution in [2.75, 3.05) is 0 Å². The van der Waals surface area contributed by atoms with Crippen LogP contribution in [0.2, 0.25) is 36.3 Å². The van der Waals surface area contributed by atoms with E-state index in [0.717, 1.165) is 62.4 Å². The summed E-state index contributed by atoms with van der Waals surface area (Å²) in [6, 6.07) is 5.61. The highest BCUT2D eigenvalue weighted by atomic mass is 127. The van der Waals surface area contributed by atoms with Crippen LogP contribution in [0.4, 0.5) is 0 Å². The topological polar surface area (TPSA) is 91.8 Å². The smallest absolute Gasteiger partial charge is 0.309 e. The van der Waals surface area contributed by atoms with Crippen LogP contribution in [-0.4, -0.2) is 58.0 Å². The number of Topliss-reactive ketones (excluding diaryl/α,β-unsaturated/α-hetero) is 1. The molecule has 1 aromatic rings. The maximum atomic E-state index is 14.8. The Bertz CT molecular complexity index is 1250. The second-order valence-electron chi connectivity index (χ2n) is 14.7. The largest absolute Gasteiger partial charge is 0.457 e. The van der Waals surface area contributed by atoms with E-state index in [1.165, 1.54) is 0 Å². The molecule has 0 saturated heterocycles. The number of aldehydes is 1. The minimum atomic E-state index is -2.25. The maximum Gasteiger partial charge on any atom is 0.309 e. The van der Waals surface area contributed by atoms with Crippen molar-refractivity contribution in [1.29, 1.82) is 0 Å². The van der Waals surface area contributed by atoms with Gasteiger partial charge < -0.3 is 18.4 Å². The molecule has 0 N–H and O–H groups in total. The van der Waals surface area contributed by atoms with Gasteiger partial charge in [-0.1, -0.05) is 75.3 Å². The highest BCUT2D eigenvalue weighted by molar-refractivity contribution is 14.1. The fourth-order valence-corrected chi connectivity index (χ4v) is 13.7. The van der Waals surface area contributed by atoms with Gasteiger partial charge in [0.1, 0.15) is 18.2 Å². The van der Waals surface area contributed by atoms with Crippen molar-refractivity contribution in [1.82, 2.24) is 4.98 Å². The molecule has 5 atom stereocenters. The summed E-state index contributed by atoms with van der Waals surface area (Å²) in [6.07, 6.45) is 5.20. The van der Waals surface area contributed by atoms with Crippen LogP contribution in [0, 0.1) is 24.2 Å². The van der Waals surface area contributed by atoms with Crippen LogP contribution >= 0.6 is 33.9 Å². The van der Waals surface area contributed by atoms with E-state index < -0.39 is 40.2 Å². The van der Waals surface area contributed by atoms with Crippen molar-refractivity contribution in [3.8, 4) is 0 Å². The average Bonchev–Trinajstić information content (AvgIpc) is 3.51. The SMILES string of the molecule is CC[Si](CC)(CC)O[C@@H]([C@@H](C)CCC=O)[C@@H](C)C(=O)C(C)(C)[C@H](CC(=O)O[C@@H](C/C=C(\C)I)/C(C)=C/c1csc(C)n1)O[Si](CC)(CC)CC. The zero-order chi connectivity index (χ0) is 38.3. The lowest BCUT2D eigenvalue weighted by Gasteiger charge is -2.44. The number of ketones is 1. The summed E-state index contributed by atoms with van der Waals surface area (Å²) in [5.41, 5.74) is 0.778. The first-order valence-corrected chi connectivity index (χ1v) is 25.9. The molecular formula is C39H68INO6SSi2.